The number of hydrogen-bond acceptors (Lipinski definition) is 3. The van der Waals surface area contributed by atoms with E-state index in [1.165, 1.54) is 0 Å². The Morgan fingerprint density at radius 1 is 0.622 bits per heavy atom. The van der Waals surface area contributed by atoms with Crippen LogP contribution < -0.4 is 20.1 Å². The van der Waals surface area contributed by atoms with Crippen molar-refractivity contribution in [2.75, 3.05) is 9.34 Å². The molecule has 0 bridgehead atoms. The number of nitrogens with zero attached hydrogens (tertiary/aromatic N) is 2. The molecule has 1 unspecified atom stereocenters. The van der Waals surface area contributed by atoms with Crippen LogP contribution in [0.25, 0.3) is 0 Å². The smallest absolute Gasteiger partial charge is 0.399 e. The molecule has 0 radical (unpaired) electrons. The standard InChI is InChI=1S/C30H30BN2O3P/c1-29(2)30(3,4)36-31(35-29)23-20-21-27-28(22-23)33(25-16-10-6-11-17-25)37(34,26-18-12-7-13-19-26)32(27)24-14-8-5-9-15-24/h5-22H,1-4H3. The van der Waals surface area contributed by atoms with Crippen molar-refractivity contribution in [1.82, 2.24) is 0 Å². The van der Waals surface area contributed by atoms with E-state index in [2.05, 4.69) is 33.8 Å². The normalized spacial score (nSPS) is 21.8. The van der Waals surface area contributed by atoms with Crippen LogP contribution in [0.4, 0.5) is 22.7 Å². The molecular formula is C30H30BN2O3P. The van der Waals surface area contributed by atoms with Gasteiger partial charge in [0.05, 0.1) is 27.9 Å². The number of benzene rings is 4. The Kier molecular flexibility index (Phi) is 5.61. The van der Waals surface area contributed by atoms with Gasteiger partial charge >= 0.3 is 14.6 Å². The molecule has 0 aliphatic carbocycles. The van der Waals surface area contributed by atoms with Gasteiger partial charge in [-0.05, 0) is 81.7 Å². The predicted molar refractivity (Wildman–Crippen MR) is 153 cm³/mol. The Labute approximate surface area is 219 Å². The lowest BCUT2D eigenvalue weighted by molar-refractivity contribution is 0.00578. The molecule has 186 valence electrons. The molecule has 0 saturated carbocycles. The van der Waals surface area contributed by atoms with E-state index in [9.17, 15) is 0 Å². The van der Waals surface area contributed by atoms with E-state index in [0.717, 1.165) is 33.5 Å². The zero-order valence-electron chi connectivity index (χ0n) is 21.5. The molecule has 37 heavy (non-hydrogen) atoms. The van der Waals surface area contributed by atoms with Crippen molar-refractivity contribution < 1.29 is 13.9 Å². The average Bonchev–Trinajstić information content (AvgIpc) is 3.30. The van der Waals surface area contributed by atoms with Crippen LogP contribution in [0.3, 0.4) is 0 Å². The number of hydrogen-bond donors (Lipinski definition) is 0. The first kappa shape index (κ1) is 24.1. The molecular weight excluding hydrogens is 478 g/mol. The second-order valence-corrected chi connectivity index (χ2v) is 12.9. The van der Waals surface area contributed by atoms with Gasteiger partial charge in [0.15, 0.2) is 0 Å². The van der Waals surface area contributed by atoms with Crippen molar-refractivity contribution in [3.05, 3.63) is 109 Å². The first-order valence-electron chi connectivity index (χ1n) is 12.6. The maximum Gasteiger partial charge on any atom is 0.494 e. The molecule has 4 aromatic carbocycles. The van der Waals surface area contributed by atoms with Crippen molar-refractivity contribution in [2.45, 2.75) is 38.9 Å². The molecule has 2 aliphatic heterocycles. The van der Waals surface area contributed by atoms with Gasteiger partial charge in [-0.1, -0.05) is 60.7 Å². The van der Waals surface area contributed by atoms with Crippen molar-refractivity contribution in [1.29, 1.82) is 0 Å². The minimum Gasteiger partial charge on any atom is -0.399 e. The van der Waals surface area contributed by atoms with Crippen LogP contribution in [0, 0.1) is 0 Å². The molecule has 1 saturated heterocycles. The second kappa shape index (κ2) is 8.63. The monoisotopic (exact) mass is 508 g/mol. The van der Waals surface area contributed by atoms with Crippen LogP contribution in [-0.4, -0.2) is 18.3 Å². The zero-order chi connectivity index (χ0) is 25.8. The predicted octanol–water partition coefficient (Wildman–Crippen LogP) is 6.79. The van der Waals surface area contributed by atoms with Crippen molar-refractivity contribution >= 4 is 48.1 Å². The molecule has 0 spiro atoms. The third kappa shape index (κ3) is 3.74. The number of fused-ring (bicyclic) bond motifs is 1. The van der Waals surface area contributed by atoms with Gasteiger partial charge in [0.1, 0.15) is 0 Å². The molecule has 0 amide bonds. The van der Waals surface area contributed by atoms with E-state index in [1.807, 2.05) is 112 Å². The van der Waals surface area contributed by atoms with Crippen LogP contribution in [-0.2, 0) is 13.9 Å². The molecule has 0 N–H and O–H groups in total. The molecule has 5 nitrogen and oxygen atoms in total. The van der Waals surface area contributed by atoms with Crippen LogP contribution in [0.1, 0.15) is 27.7 Å². The second-order valence-electron chi connectivity index (χ2n) is 10.5. The molecule has 6 rings (SSSR count). The Balaban J connectivity index is 1.59. The summed E-state index contributed by atoms with van der Waals surface area (Å²) in [5.74, 6) is 0. The minimum absolute atomic E-state index is 0.453. The lowest BCUT2D eigenvalue weighted by Crippen LogP contribution is -2.41. The Bertz CT molecular complexity index is 1460. The highest BCUT2D eigenvalue weighted by molar-refractivity contribution is 7.76. The van der Waals surface area contributed by atoms with Gasteiger partial charge in [-0.15, -0.1) is 0 Å². The molecule has 4 aromatic rings. The summed E-state index contributed by atoms with van der Waals surface area (Å²) in [6.07, 6.45) is 0. The van der Waals surface area contributed by atoms with Gasteiger partial charge in [0.25, 0.3) is 0 Å². The maximum atomic E-state index is 15.6. The van der Waals surface area contributed by atoms with E-state index in [0.29, 0.717) is 0 Å². The van der Waals surface area contributed by atoms with Gasteiger partial charge in [-0.2, -0.15) is 0 Å². The highest BCUT2D eigenvalue weighted by Gasteiger charge is 2.53. The first-order valence-corrected chi connectivity index (χ1v) is 14.2. The SMILES string of the molecule is CC1(C)OB(c2ccc3c(c2)N(c2ccccc2)P(=O)(c2ccccc2)N3c2ccccc2)OC1(C)C. The molecule has 7 heteroatoms. The van der Waals surface area contributed by atoms with E-state index in [4.69, 9.17) is 9.31 Å². The quantitative estimate of drug-likeness (QED) is 0.224. The first-order chi connectivity index (χ1) is 17.7. The number of anilines is 4. The van der Waals surface area contributed by atoms with Gasteiger partial charge < -0.3 is 9.31 Å². The summed E-state index contributed by atoms with van der Waals surface area (Å²) in [7, 11) is -3.90. The third-order valence-corrected chi connectivity index (χ3v) is 10.6. The molecule has 1 atom stereocenters. The van der Waals surface area contributed by atoms with Gasteiger partial charge in [-0.3, -0.25) is 13.9 Å². The number of para-hydroxylation sites is 2. The summed E-state index contributed by atoms with van der Waals surface area (Å²) in [5, 5.41) is 0.760. The highest BCUT2D eigenvalue weighted by atomic mass is 31.2. The summed E-state index contributed by atoms with van der Waals surface area (Å²) in [4.78, 5) is 0. The Morgan fingerprint density at radius 3 is 1.59 bits per heavy atom. The summed E-state index contributed by atoms with van der Waals surface area (Å²) in [6.45, 7) is 8.21. The topological polar surface area (TPSA) is 42.0 Å². The number of rotatable bonds is 4. The summed E-state index contributed by atoms with van der Waals surface area (Å²) in [6, 6.07) is 35.8. The molecule has 2 aliphatic rings. The van der Waals surface area contributed by atoms with Crippen LogP contribution in [0.2, 0.25) is 0 Å². The lowest BCUT2D eigenvalue weighted by Gasteiger charge is -2.33. The highest BCUT2D eigenvalue weighted by Crippen LogP contribution is 2.69. The summed E-state index contributed by atoms with van der Waals surface area (Å²) in [5.41, 5.74) is 3.46. The van der Waals surface area contributed by atoms with Gasteiger partial charge in [0, 0.05) is 11.4 Å². The van der Waals surface area contributed by atoms with E-state index >= 15 is 4.57 Å². The summed E-state index contributed by atoms with van der Waals surface area (Å²) < 4.78 is 32.3. The fraction of sp³-hybridized carbons (Fsp3) is 0.200. The van der Waals surface area contributed by atoms with Crippen LogP contribution in [0.15, 0.2) is 109 Å². The van der Waals surface area contributed by atoms with E-state index < -0.39 is 25.8 Å². The van der Waals surface area contributed by atoms with Crippen molar-refractivity contribution in [3.63, 3.8) is 0 Å². The van der Waals surface area contributed by atoms with E-state index in [-0.39, 0.29) is 0 Å². The van der Waals surface area contributed by atoms with E-state index in [1.54, 1.807) is 0 Å². The van der Waals surface area contributed by atoms with Gasteiger partial charge in [0.2, 0.25) is 0 Å². The van der Waals surface area contributed by atoms with Crippen molar-refractivity contribution in [3.8, 4) is 0 Å². The van der Waals surface area contributed by atoms with Crippen LogP contribution >= 0.6 is 7.44 Å². The minimum atomic E-state index is -3.39. The molecule has 2 heterocycles. The fourth-order valence-corrected chi connectivity index (χ4v) is 7.99. The maximum absolute atomic E-state index is 15.6. The zero-order valence-corrected chi connectivity index (χ0v) is 22.4. The Hall–Kier alpha value is -3.31. The van der Waals surface area contributed by atoms with Gasteiger partial charge in [-0.25, -0.2) is 0 Å². The molecule has 0 aromatic heterocycles. The largest absolute Gasteiger partial charge is 0.494 e. The van der Waals surface area contributed by atoms with Crippen molar-refractivity contribution in [2.24, 2.45) is 0 Å². The summed E-state index contributed by atoms with van der Waals surface area (Å²) >= 11 is 0. The fourth-order valence-electron chi connectivity index (χ4n) is 4.98. The van der Waals surface area contributed by atoms with Crippen LogP contribution in [0.5, 0.6) is 0 Å². The molecule has 1 fully saturated rings. The third-order valence-electron chi connectivity index (χ3n) is 7.62. The Morgan fingerprint density at radius 2 is 1.08 bits per heavy atom. The lowest BCUT2D eigenvalue weighted by atomic mass is 9.78. The average molecular weight is 508 g/mol.